The van der Waals surface area contributed by atoms with Crippen LogP contribution in [-0.2, 0) is 0 Å². The molecule has 0 aliphatic carbocycles. The monoisotopic (exact) mass is 217 g/mol. The topological polar surface area (TPSA) is 20.2 Å². The van der Waals surface area contributed by atoms with Crippen molar-refractivity contribution in [2.45, 2.75) is 56.7 Å². The van der Waals surface area contributed by atoms with Crippen molar-refractivity contribution in [3.05, 3.63) is 0 Å². The summed E-state index contributed by atoms with van der Waals surface area (Å²) < 4.78 is 1.41. The first-order chi connectivity index (χ1) is 6.31. The van der Waals surface area contributed by atoms with Gasteiger partial charge in [-0.25, -0.2) is 0 Å². The first-order valence-corrected chi connectivity index (χ1v) is 5.86. The third-order valence-electron chi connectivity index (χ3n) is 4.77. The van der Waals surface area contributed by atoms with Gasteiger partial charge in [0.1, 0.15) is 0 Å². The molecule has 2 atom stereocenters. The molecule has 2 unspecified atom stereocenters. The van der Waals surface area contributed by atoms with Gasteiger partial charge in [-0.15, -0.1) is 0 Å². The molecule has 3 heterocycles. The summed E-state index contributed by atoms with van der Waals surface area (Å²) in [4.78, 5) is 0. The highest BCUT2D eigenvalue weighted by atomic mass is 35.5. The highest BCUT2D eigenvalue weighted by molar-refractivity contribution is 4.87. The van der Waals surface area contributed by atoms with Crippen LogP contribution >= 0.6 is 0 Å². The number of piperidine rings is 1. The molecule has 3 aliphatic heterocycles. The molecule has 0 radical (unpaired) electrons. The lowest BCUT2D eigenvalue weighted by Gasteiger charge is -2.46. The van der Waals surface area contributed by atoms with Gasteiger partial charge in [0, 0.05) is 38.5 Å². The minimum absolute atomic E-state index is 0. The maximum absolute atomic E-state index is 9.72. The molecule has 82 valence electrons. The van der Waals surface area contributed by atoms with Gasteiger partial charge in [0.05, 0.1) is 31.3 Å². The zero-order valence-corrected chi connectivity index (χ0v) is 9.42. The minimum atomic E-state index is 0. The van der Waals surface area contributed by atoms with E-state index in [0.717, 1.165) is 24.9 Å². The summed E-state index contributed by atoms with van der Waals surface area (Å²) in [6.45, 7) is 2.84. The lowest BCUT2D eigenvalue weighted by atomic mass is 9.97. The normalized spacial score (nSPS) is 43.9. The third kappa shape index (κ3) is 1.31. The Bertz CT molecular complexity index is 199. The van der Waals surface area contributed by atoms with Crippen LogP contribution in [0.2, 0.25) is 0 Å². The summed E-state index contributed by atoms with van der Waals surface area (Å²) in [5.41, 5.74) is 0. The zero-order valence-electron chi connectivity index (χ0n) is 8.66. The summed E-state index contributed by atoms with van der Waals surface area (Å²) in [6.07, 6.45) is 7.87. The van der Waals surface area contributed by atoms with Crippen LogP contribution in [0.3, 0.4) is 0 Å². The molecule has 1 N–H and O–H groups in total. The van der Waals surface area contributed by atoms with Gasteiger partial charge in [-0.05, 0) is 0 Å². The lowest BCUT2D eigenvalue weighted by molar-refractivity contribution is -0.956. The molecule has 2 nitrogen and oxygen atoms in total. The van der Waals surface area contributed by atoms with E-state index in [1.54, 1.807) is 0 Å². The Morgan fingerprint density at radius 3 is 1.93 bits per heavy atom. The molecular formula is C11H20ClNO. The molecular weight excluding hydrogens is 198 g/mol. The van der Waals surface area contributed by atoms with Crippen molar-refractivity contribution in [3.63, 3.8) is 0 Å². The largest absolute Gasteiger partial charge is 1.00 e. The van der Waals surface area contributed by atoms with Gasteiger partial charge >= 0.3 is 0 Å². The second-order valence-electron chi connectivity index (χ2n) is 5.27. The van der Waals surface area contributed by atoms with Crippen LogP contribution in [0.15, 0.2) is 0 Å². The van der Waals surface area contributed by atoms with Gasteiger partial charge in [0.15, 0.2) is 0 Å². The molecule has 3 fully saturated rings. The number of hydrogen-bond donors (Lipinski definition) is 1. The molecule has 0 aromatic heterocycles. The number of aliphatic hydroxyl groups excluding tert-OH is 1. The molecule has 3 aliphatic rings. The van der Waals surface area contributed by atoms with Gasteiger partial charge in [0.2, 0.25) is 0 Å². The molecule has 3 heteroatoms. The Labute approximate surface area is 92.3 Å². The third-order valence-corrected chi connectivity index (χ3v) is 4.77. The van der Waals surface area contributed by atoms with Crippen LogP contribution in [0.25, 0.3) is 0 Å². The Balaban J connectivity index is 0.000000750. The van der Waals surface area contributed by atoms with E-state index in [2.05, 4.69) is 0 Å². The maximum Gasteiger partial charge on any atom is 0.0919 e. The minimum Gasteiger partial charge on any atom is -1.00 e. The molecule has 14 heavy (non-hydrogen) atoms. The molecule has 0 saturated carbocycles. The average Bonchev–Trinajstić information content (AvgIpc) is 2.63. The number of aliphatic hydroxyl groups is 1. The molecule has 0 aromatic rings. The van der Waals surface area contributed by atoms with Crippen molar-refractivity contribution in [1.82, 2.24) is 0 Å². The van der Waals surface area contributed by atoms with E-state index in [1.165, 1.54) is 43.3 Å². The Hall–Kier alpha value is 0.210. The number of quaternary nitrogens is 1. The summed E-state index contributed by atoms with van der Waals surface area (Å²) >= 11 is 0. The molecule has 2 bridgehead atoms. The quantitative estimate of drug-likeness (QED) is 0.479. The van der Waals surface area contributed by atoms with Crippen LogP contribution < -0.4 is 12.4 Å². The number of nitrogens with zero attached hydrogens (tertiary/aromatic N) is 1. The molecule has 3 rings (SSSR count). The zero-order chi connectivity index (χ0) is 8.89. The Morgan fingerprint density at radius 1 is 0.929 bits per heavy atom. The van der Waals surface area contributed by atoms with Crippen molar-refractivity contribution >= 4 is 0 Å². The highest BCUT2D eigenvalue weighted by Gasteiger charge is 2.54. The molecule has 0 amide bonds. The van der Waals surface area contributed by atoms with Gasteiger partial charge < -0.3 is 22.0 Å². The fraction of sp³-hybridized carbons (Fsp3) is 1.00. The fourth-order valence-electron chi connectivity index (χ4n) is 4.23. The first-order valence-electron chi connectivity index (χ1n) is 5.86. The van der Waals surface area contributed by atoms with Gasteiger partial charge in [0.25, 0.3) is 0 Å². The van der Waals surface area contributed by atoms with Crippen LogP contribution in [0.1, 0.15) is 38.5 Å². The van der Waals surface area contributed by atoms with Crippen LogP contribution in [0.5, 0.6) is 0 Å². The fourth-order valence-corrected chi connectivity index (χ4v) is 4.23. The summed E-state index contributed by atoms with van der Waals surface area (Å²) in [7, 11) is 0. The maximum atomic E-state index is 9.72. The number of rotatable bonds is 0. The Kier molecular flexibility index (Phi) is 2.80. The smallest absolute Gasteiger partial charge is 0.0919 e. The molecule has 1 spiro atoms. The van der Waals surface area contributed by atoms with Crippen molar-refractivity contribution < 1.29 is 22.0 Å². The van der Waals surface area contributed by atoms with E-state index in [0.29, 0.717) is 0 Å². The number of halogens is 1. The molecule has 0 aromatic carbocycles. The second kappa shape index (κ2) is 3.66. The first kappa shape index (κ1) is 10.7. The predicted molar refractivity (Wildman–Crippen MR) is 51.3 cm³/mol. The van der Waals surface area contributed by atoms with E-state index in [1.807, 2.05) is 0 Å². The van der Waals surface area contributed by atoms with E-state index >= 15 is 0 Å². The van der Waals surface area contributed by atoms with E-state index in [9.17, 15) is 5.11 Å². The SMILES string of the molecule is OC1CC2CCC(C1)[N+]21CCCC1.[Cl-]. The van der Waals surface area contributed by atoms with Crippen LogP contribution in [-0.4, -0.2) is 40.9 Å². The van der Waals surface area contributed by atoms with E-state index in [-0.39, 0.29) is 18.5 Å². The van der Waals surface area contributed by atoms with E-state index in [4.69, 9.17) is 0 Å². The second-order valence-corrected chi connectivity index (χ2v) is 5.27. The van der Waals surface area contributed by atoms with Gasteiger partial charge in [-0.1, -0.05) is 0 Å². The Morgan fingerprint density at radius 2 is 1.43 bits per heavy atom. The predicted octanol–water partition coefficient (Wildman–Crippen LogP) is -1.71. The van der Waals surface area contributed by atoms with Crippen molar-refractivity contribution in [2.75, 3.05) is 13.1 Å². The van der Waals surface area contributed by atoms with Crippen molar-refractivity contribution in [3.8, 4) is 0 Å². The van der Waals surface area contributed by atoms with Gasteiger partial charge in [-0.2, -0.15) is 0 Å². The van der Waals surface area contributed by atoms with Crippen molar-refractivity contribution in [2.24, 2.45) is 0 Å². The lowest BCUT2D eigenvalue weighted by Crippen LogP contribution is -3.00. The highest BCUT2D eigenvalue weighted by Crippen LogP contribution is 2.45. The van der Waals surface area contributed by atoms with Crippen LogP contribution in [0, 0.1) is 0 Å². The average molecular weight is 218 g/mol. The summed E-state index contributed by atoms with van der Waals surface area (Å²) in [5, 5.41) is 9.72. The molecule has 3 saturated heterocycles. The van der Waals surface area contributed by atoms with Gasteiger partial charge in [-0.3, -0.25) is 0 Å². The standard InChI is InChI=1S/C11H20NO.ClH/c13-11-7-9-3-4-10(8-11)12(9)5-1-2-6-12;/h9-11,13H,1-8H2;1H/q+1;/p-1. The summed E-state index contributed by atoms with van der Waals surface area (Å²) in [6, 6.07) is 1.66. The number of hydrogen-bond acceptors (Lipinski definition) is 1. The van der Waals surface area contributed by atoms with Crippen LogP contribution in [0.4, 0.5) is 0 Å². The summed E-state index contributed by atoms with van der Waals surface area (Å²) in [5.74, 6) is 0. The van der Waals surface area contributed by atoms with Crippen molar-refractivity contribution in [1.29, 1.82) is 0 Å². The van der Waals surface area contributed by atoms with E-state index < -0.39 is 0 Å².